The maximum Gasteiger partial charge on any atom is 0.303 e. The minimum atomic E-state index is -0.820. The first-order chi connectivity index (χ1) is 17.3. The maximum atomic E-state index is 11.2. The number of aryl methyl sites for hydroxylation is 2. The van der Waals surface area contributed by atoms with E-state index in [1.54, 1.807) is 0 Å². The van der Waals surface area contributed by atoms with Crippen LogP contribution in [0.2, 0.25) is 0 Å². The van der Waals surface area contributed by atoms with Crippen molar-refractivity contribution < 1.29 is 9.90 Å². The number of carbonyl (C=O) groups is 1. The molecule has 0 radical (unpaired) electrons. The van der Waals surface area contributed by atoms with Crippen LogP contribution in [-0.4, -0.2) is 48.7 Å². The van der Waals surface area contributed by atoms with Crippen LogP contribution in [0, 0.1) is 13.8 Å². The van der Waals surface area contributed by atoms with Crippen molar-refractivity contribution in [1.29, 1.82) is 0 Å². The summed E-state index contributed by atoms with van der Waals surface area (Å²) in [5, 5.41) is 14.9. The number of rotatable bonds is 6. The molecular weight excluding hydrogens is 452 g/mol. The first kappa shape index (κ1) is 24.2. The predicted octanol–water partition coefficient (Wildman–Crippen LogP) is 5.48. The van der Waals surface area contributed by atoms with Crippen LogP contribution in [-0.2, 0) is 11.2 Å². The molecule has 0 aliphatic carbocycles. The highest BCUT2D eigenvalue weighted by Crippen LogP contribution is 2.33. The van der Waals surface area contributed by atoms with Crippen LogP contribution >= 0.6 is 0 Å². The van der Waals surface area contributed by atoms with Gasteiger partial charge in [0.15, 0.2) is 11.3 Å². The summed E-state index contributed by atoms with van der Waals surface area (Å²) >= 11 is 0. The number of anilines is 1. The van der Waals surface area contributed by atoms with Crippen molar-refractivity contribution >= 4 is 28.6 Å². The average Bonchev–Trinajstić information content (AvgIpc) is 3.02. The second-order valence-electron chi connectivity index (χ2n) is 10.1. The summed E-state index contributed by atoms with van der Waals surface area (Å²) in [6.07, 6.45) is 5.22. The Morgan fingerprint density at radius 1 is 1.00 bits per heavy atom. The van der Waals surface area contributed by atoms with Gasteiger partial charge in [0.2, 0.25) is 5.95 Å². The maximum absolute atomic E-state index is 11.2. The lowest BCUT2D eigenvalue weighted by atomic mass is 10.00. The van der Waals surface area contributed by atoms with Crippen LogP contribution < -0.4 is 4.90 Å². The summed E-state index contributed by atoms with van der Waals surface area (Å²) in [4.78, 5) is 28.5. The van der Waals surface area contributed by atoms with E-state index in [2.05, 4.69) is 43.0 Å². The quantitative estimate of drug-likeness (QED) is 0.386. The van der Waals surface area contributed by atoms with E-state index < -0.39 is 5.97 Å². The van der Waals surface area contributed by atoms with Crippen LogP contribution in [0.15, 0.2) is 24.3 Å². The van der Waals surface area contributed by atoms with Gasteiger partial charge in [-0.2, -0.15) is 4.98 Å². The molecule has 1 N–H and O–H groups in total. The zero-order valence-electron chi connectivity index (χ0n) is 21.6. The first-order valence-electron chi connectivity index (χ1n) is 13.0. The highest BCUT2D eigenvalue weighted by Gasteiger charge is 2.23. The van der Waals surface area contributed by atoms with Crippen LogP contribution in [0.4, 0.5) is 5.95 Å². The predicted molar refractivity (Wildman–Crippen MR) is 142 cm³/mol. The van der Waals surface area contributed by atoms with Gasteiger partial charge in [-0.1, -0.05) is 51.0 Å². The van der Waals surface area contributed by atoms with Gasteiger partial charge in [-0.25, -0.2) is 14.5 Å². The van der Waals surface area contributed by atoms with Gasteiger partial charge in [0, 0.05) is 36.5 Å². The molecule has 0 saturated carbocycles. The molecule has 4 heterocycles. The Bertz CT molecular complexity index is 1420. The van der Waals surface area contributed by atoms with E-state index in [-0.39, 0.29) is 6.42 Å². The van der Waals surface area contributed by atoms with Crippen molar-refractivity contribution in [2.75, 3.05) is 18.0 Å². The van der Waals surface area contributed by atoms with Gasteiger partial charge in [-0.05, 0) is 50.2 Å². The molecular formula is C28H34N6O2. The molecule has 1 aliphatic rings. The van der Waals surface area contributed by atoms with E-state index in [1.165, 1.54) is 18.4 Å². The topological polar surface area (TPSA) is 96.5 Å². The summed E-state index contributed by atoms with van der Waals surface area (Å²) < 4.78 is 1.82. The third-order valence-corrected chi connectivity index (χ3v) is 7.29. The minimum absolute atomic E-state index is 0.0576. The molecule has 1 aromatic carbocycles. The van der Waals surface area contributed by atoms with E-state index in [0.717, 1.165) is 65.5 Å². The van der Waals surface area contributed by atoms with Crippen LogP contribution in [0.1, 0.15) is 74.4 Å². The van der Waals surface area contributed by atoms with Gasteiger partial charge in [0.1, 0.15) is 0 Å². The van der Waals surface area contributed by atoms with Crippen LogP contribution in [0.5, 0.6) is 0 Å². The number of hydrogen-bond donors (Lipinski definition) is 1. The Morgan fingerprint density at radius 3 is 2.33 bits per heavy atom. The fourth-order valence-corrected chi connectivity index (χ4v) is 5.16. The Morgan fingerprint density at radius 2 is 1.69 bits per heavy atom. The second kappa shape index (κ2) is 9.84. The van der Waals surface area contributed by atoms with Crippen molar-refractivity contribution in [1.82, 2.24) is 24.6 Å². The molecule has 8 nitrogen and oxygen atoms in total. The summed E-state index contributed by atoms with van der Waals surface area (Å²) in [5.41, 5.74) is 7.11. The molecule has 36 heavy (non-hydrogen) atoms. The molecule has 8 heteroatoms. The van der Waals surface area contributed by atoms with Crippen molar-refractivity contribution in [2.24, 2.45) is 0 Å². The summed E-state index contributed by atoms with van der Waals surface area (Å²) in [6, 6.07) is 8.60. The smallest absolute Gasteiger partial charge is 0.303 e. The number of fused-ring (bicyclic) bond motifs is 3. The van der Waals surface area contributed by atoms with Crippen molar-refractivity contribution in [3.8, 4) is 11.3 Å². The summed E-state index contributed by atoms with van der Waals surface area (Å²) in [7, 11) is 0. The lowest BCUT2D eigenvalue weighted by Gasteiger charge is -2.20. The number of hydrogen-bond acceptors (Lipinski definition) is 6. The zero-order valence-corrected chi connectivity index (χ0v) is 21.6. The van der Waals surface area contributed by atoms with Gasteiger partial charge in [-0.3, -0.25) is 4.79 Å². The van der Waals surface area contributed by atoms with E-state index in [1.807, 2.05) is 18.4 Å². The Balaban J connectivity index is 1.73. The van der Waals surface area contributed by atoms with E-state index in [4.69, 9.17) is 20.1 Å². The molecule has 188 valence electrons. The molecule has 3 aromatic heterocycles. The number of benzene rings is 1. The van der Waals surface area contributed by atoms with Gasteiger partial charge >= 0.3 is 5.97 Å². The Hall–Kier alpha value is -3.55. The third kappa shape index (κ3) is 4.52. The monoisotopic (exact) mass is 486 g/mol. The molecule has 4 aromatic rings. The van der Waals surface area contributed by atoms with Crippen LogP contribution in [0.3, 0.4) is 0 Å². The zero-order chi connectivity index (χ0) is 25.4. The SMILES string of the molecule is Cc1nc2c3c(-c4ccc(C(C)C)cc4)nc(N4CCCCCC4)nc3nn2c(C)c1CCC(=O)O. The molecule has 1 aliphatic heterocycles. The minimum Gasteiger partial charge on any atom is -0.481 e. The lowest BCUT2D eigenvalue weighted by Crippen LogP contribution is -2.26. The second-order valence-corrected chi connectivity index (χ2v) is 10.1. The van der Waals surface area contributed by atoms with Crippen LogP contribution in [0.25, 0.3) is 27.9 Å². The Labute approximate surface area is 211 Å². The third-order valence-electron chi connectivity index (χ3n) is 7.29. The van der Waals surface area contributed by atoms with E-state index >= 15 is 0 Å². The number of aliphatic carboxylic acids is 1. The molecule has 1 saturated heterocycles. The molecule has 0 atom stereocenters. The van der Waals surface area contributed by atoms with Crippen molar-refractivity contribution in [2.45, 2.75) is 72.1 Å². The molecule has 0 amide bonds. The Kier molecular flexibility index (Phi) is 6.60. The summed E-state index contributed by atoms with van der Waals surface area (Å²) in [5.74, 6) is 0.348. The van der Waals surface area contributed by atoms with Gasteiger partial charge in [-0.15, -0.1) is 5.10 Å². The number of carboxylic acids is 1. The molecule has 5 rings (SSSR count). The number of aromatic nitrogens is 5. The normalized spacial score (nSPS) is 14.6. The van der Waals surface area contributed by atoms with Crippen molar-refractivity contribution in [3.63, 3.8) is 0 Å². The van der Waals surface area contributed by atoms with Crippen molar-refractivity contribution in [3.05, 3.63) is 46.8 Å². The molecule has 0 unspecified atom stereocenters. The molecule has 0 spiro atoms. The standard InChI is InChI=1S/C28H34N6O2/c1-17(2)20-9-11-21(12-10-20)25-24-26(31-28(30-25)33-15-7-5-6-8-16-33)32-34-19(4)22(13-14-23(35)36)18(3)29-27(24)34/h9-12,17H,5-8,13-16H2,1-4H3,(H,35,36). The van der Waals surface area contributed by atoms with E-state index in [0.29, 0.717) is 23.6 Å². The van der Waals surface area contributed by atoms with Gasteiger partial charge < -0.3 is 10.0 Å². The van der Waals surface area contributed by atoms with Gasteiger partial charge in [0.05, 0.1) is 11.1 Å². The molecule has 1 fully saturated rings. The van der Waals surface area contributed by atoms with E-state index in [9.17, 15) is 9.90 Å². The highest BCUT2D eigenvalue weighted by molar-refractivity contribution is 6.01. The fraction of sp³-hybridized carbons (Fsp3) is 0.464. The highest BCUT2D eigenvalue weighted by atomic mass is 16.4. The summed E-state index contributed by atoms with van der Waals surface area (Å²) in [6.45, 7) is 10.2. The number of carboxylic acid groups (broad SMARTS) is 1. The largest absolute Gasteiger partial charge is 0.481 e. The lowest BCUT2D eigenvalue weighted by molar-refractivity contribution is -0.136. The first-order valence-corrected chi connectivity index (χ1v) is 13.0. The molecule has 0 bridgehead atoms. The average molecular weight is 487 g/mol. The van der Waals surface area contributed by atoms with Gasteiger partial charge in [0.25, 0.3) is 0 Å². The fourth-order valence-electron chi connectivity index (χ4n) is 5.16. The number of nitrogens with zero attached hydrogens (tertiary/aromatic N) is 6.